The molecule has 15 heavy (non-hydrogen) atoms. The molecule has 1 aliphatic rings. The molecule has 0 fully saturated rings. The molecule has 1 aromatic rings. The Balaban J connectivity index is 2.12. The normalized spacial score (nSPS) is 20.9. The summed E-state index contributed by atoms with van der Waals surface area (Å²) in [6, 6.07) is 8.56. The lowest BCUT2D eigenvalue weighted by molar-refractivity contribution is 0.232. The molecule has 0 radical (unpaired) electrons. The number of aliphatic imine (C=N–C) groups is 1. The molecule has 1 aromatic carbocycles. The largest absolute Gasteiger partial charge is 0.368 e. The Labute approximate surface area is 88.8 Å². The van der Waals surface area contributed by atoms with E-state index in [0.29, 0.717) is 0 Å². The number of rotatable bonds is 1. The van der Waals surface area contributed by atoms with Gasteiger partial charge in [-0.1, -0.05) is 24.3 Å². The van der Waals surface area contributed by atoms with Crippen LogP contribution in [0.3, 0.4) is 0 Å². The van der Waals surface area contributed by atoms with Crippen molar-refractivity contribution in [1.82, 2.24) is 5.48 Å². The first kappa shape index (κ1) is 9.98. The minimum Gasteiger partial charge on any atom is -0.368 e. The topological polar surface area (TPSA) is 70.6 Å². The maximum atomic E-state index is 8.55. The zero-order chi connectivity index (χ0) is 10.7. The van der Waals surface area contributed by atoms with Crippen molar-refractivity contribution in [2.75, 3.05) is 0 Å². The van der Waals surface area contributed by atoms with Gasteiger partial charge >= 0.3 is 0 Å². The van der Waals surface area contributed by atoms with Gasteiger partial charge in [-0.05, 0) is 30.4 Å². The van der Waals surface area contributed by atoms with Crippen LogP contribution in [0.25, 0.3) is 0 Å². The Bertz CT molecular complexity index is 376. The van der Waals surface area contributed by atoms with Crippen molar-refractivity contribution in [3.8, 4) is 0 Å². The number of hydroxylamine groups is 1. The van der Waals surface area contributed by atoms with Crippen LogP contribution in [0.5, 0.6) is 0 Å². The van der Waals surface area contributed by atoms with Gasteiger partial charge in [0.05, 0.1) is 6.04 Å². The maximum Gasteiger partial charge on any atom is 0.213 e. The molecule has 1 atom stereocenters. The number of aryl methyl sites for hydroxylation is 1. The van der Waals surface area contributed by atoms with Gasteiger partial charge in [-0.15, -0.1) is 0 Å². The van der Waals surface area contributed by atoms with Gasteiger partial charge in [-0.25, -0.2) is 10.5 Å². The van der Waals surface area contributed by atoms with Crippen LogP contribution in [0.15, 0.2) is 29.3 Å². The van der Waals surface area contributed by atoms with E-state index in [1.165, 1.54) is 11.1 Å². The van der Waals surface area contributed by atoms with Gasteiger partial charge in [-0.3, -0.25) is 5.21 Å². The fourth-order valence-electron chi connectivity index (χ4n) is 2.01. The van der Waals surface area contributed by atoms with Crippen molar-refractivity contribution in [2.24, 2.45) is 10.7 Å². The Morgan fingerprint density at radius 3 is 2.87 bits per heavy atom. The molecule has 0 aromatic heterocycles. The highest BCUT2D eigenvalue weighted by molar-refractivity contribution is 5.76. The predicted molar refractivity (Wildman–Crippen MR) is 58.8 cm³/mol. The maximum absolute atomic E-state index is 8.55. The van der Waals surface area contributed by atoms with Crippen LogP contribution in [0.2, 0.25) is 0 Å². The number of hydrogen-bond acceptors (Lipinski definition) is 2. The summed E-state index contributed by atoms with van der Waals surface area (Å²) in [4.78, 5) is 4.19. The van der Waals surface area contributed by atoms with E-state index in [0.717, 1.165) is 19.3 Å². The molecule has 4 N–H and O–H groups in total. The Kier molecular flexibility index (Phi) is 2.87. The second-order valence-corrected chi connectivity index (χ2v) is 3.79. The second kappa shape index (κ2) is 4.31. The lowest BCUT2D eigenvalue weighted by Gasteiger charge is -2.21. The van der Waals surface area contributed by atoms with Crippen molar-refractivity contribution in [3.05, 3.63) is 35.4 Å². The number of fused-ring (bicyclic) bond motifs is 1. The van der Waals surface area contributed by atoms with Crippen LogP contribution in [0.4, 0.5) is 0 Å². The highest BCUT2D eigenvalue weighted by atomic mass is 16.5. The third-order valence-electron chi connectivity index (χ3n) is 2.76. The third-order valence-corrected chi connectivity index (χ3v) is 2.76. The number of nitrogens with zero attached hydrogens (tertiary/aromatic N) is 1. The van der Waals surface area contributed by atoms with Gasteiger partial charge in [0, 0.05) is 0 Å². The van der Waals surface area contributed by atoms with E-state index >= 15 is 0 Å². The highest BCUT2D eigenvalue weighted by Gasteiger charge is 2.17. The summed E-state index contributed by atoms with van der Waals surface area (Å²) >= 11 is 0. The molecule has 0 spiro atoms. The van der Waals surface area contributed by atoms with Crippen LogP contribution >= 0.6 is 0 Å². The average molecular weight is 205 g/mol. The molecule has 4 nitrogen and oxygen atoms in total. The van der Waals surface area contributed by atoms with E-state index < -0.39 is 0 Å². The molecular weight excluding hydrogens is 190 g/mol. The molecule has 0 heterocycles. The molecule has 0 saturated heterocycles. The first-order valence-electron chi connectivity index (χ1n) is 5.10. The van der Waals surface area contributed by atoms with Crippen LogP contribution in [-0.2, 0) is 12.8 Å². The summed E-state index contributed by atoms with van der Waals surface area (Å²) in [5.41, 5.74) is 10.0. The number of hydrogen-bond donors (Lipinski definition) is 3. The molecule has 1 aliphatic carbocycles. The number of guanidine groups is 1. The van der Waals surface area contributed by atoms with Crippen LogP contribution in [-0.4, -0.2) is 17.2 Å². The molecule has 0 amide bonds. The highest BCUT2D eigenvalue weighted by Crippen LogP contribution is 2.22. The van der Waals surface area contributed by atoms with Crippen molar-refractivity contribution in [3.63, 3.8) is 0 Å². The van der Waals surface area contributed by atoms with Gasteiger partial charge < -0.3 is 5.73 Å². The summed E-state index contributed by atoms with van der Waals surface area (Å²) in [6.45, 7) is 0. The first-order valence-corrected chi connectivity index (χ1v) is 5.10. The average Bonchev–Trinajstić information content (AvgIpc) is 2.29. The standard InChI is InChI=1S/C11H15N3O/c12-11(14-15)13-10-6-5-8-3-1-2-4-9(8)7-10/h1-4,10,15H,5-7H2,(H3,12,13,14). The lowest BCUT2D eigenvalue weighted by Crippen LogP contribution is -2.31. The molecule has 1 unspecified atom stereocenters. The Morgan fingerprint density at radius 2 is 2.13 bits per heavy atom. The zero-order valence-corrected chi connectivity index (χ0v) is 8.48. The van der Waals surface area contributed by atoms with Crippen LogP contribution in [0.1, 0.15) is 17.5 Å². The molecule has 0 bridgehead atoms. The van der Waals surface area contributed by atoms with Gasteiger partial charge in [0.1, 0.15) is 0 Å². The minimum atomic E-state index is 0.0966. The van der Waals surface area contributed by atoms with Crippen molar-refractivity contribution >= 4 is 5.96 Å². The molecule has 2 rings (SSSR count). The van der Waals surface area contributed by atoms with E-state index in [4.69, 9.17) is 10.9 Å². The Hall–Kier alpha value is -1.55. The fraction of sp³-hybridized carbons (Fsp3) is 0.364. The number of nitrogens with one attached hydrogen (secondary N) is 1. The third kappa shape index (κ3) is 2.27. The van der Waals surface area contributed by atoms with E-state index in [9.17, 15) is 0 Å². The molecular formula is C11H15N3O. The molecule has 4 heteroatoms. The van der Waals surface area contributed by atoms with Crippen LogP contribution < -0.4 is 11.2 Å². The SMILES string of the molecule is NC(=NC1CCc2ccccc2C1)NO. The summed E-state index contributed by atoms with van der Waals surface area (Å²) in [5.74, 6) is 0.0966. The molecule has 0 saturated carbocycles. The van der Waals surface area contributed by atoms with Gasteiger partial charge in [-0.2, -0.15) is 0 Å². The molecule has 0 aliphatic heterocycles. The predicted octanol–water partition coefficient (Wildman–Crippen LogP) is 0.837. The summed E-state index contributed by atoms with van der Waals surface area (Å²) in [7, 11) is 0. The fourth-order valence-corrected chi connectivity index (χ4v) is 2.01. The van der Waals surface area contributed by atoms with Crippen molar-refractivity contribution in [1.29, 1.82) is 0 Å². The van der Waals surface area contributed by atoms with Crippen LogP contribution in [0, 0.1) is 0 Å². The number of benzene rings is 1. The van der Waals surface area contributed by atoms with Gasteiger partial charge in [0.2, 0.25) is 5.96 Å². The van der Waals surface area contributed by atoms with Gasteiger partial charge in [0.25, 0.3) is 0 Å². The van der Waals surface area contributed by atoms with E-state index in [1.807, 2.05) is 11.5 Å². The zero-order valence-electron chi connectivity index (χ0n) is 8.48. The second-order valence-electron chi connectivity index (χ2n) is 3.79. The van der Waals surface area contributed by atoms with E-state index in [2.05, 4.69) is 23.2 Å². The minimum absolute atomic E-state index is 0.0966. The summed E-state index contributed by atoms with van der Waals surface area (Å²) in [6.07, 6.45) is 2.92. The molecule has 80 valence electrons. The summed E-state index contributed by atoms with van der Waals surface area (Å²) in [5, 5.41) is 8.55. The van der Waals surface area contributed by atoms with Crippen molar-refractivity contribution in [2.45, 2.75) is 25.3 Å². The number of nitrogens with two attached hydrogens (primary N) is 1. The lowest BCUT2D eigenvalue weighted by atomic mass is 9.89. The monoisotopic (exact) mass is 205 g/mol. The van der Waals surface area contributed by atoms with Crippen molar-refractivity contribution < 1.29 is 5.21 Å². The smallest absolute Gasteiger partial charge is 0.213 e. The first-order chi connectivity index (χ1) is 7.29. The quantitative estimate of drug-likeness (QED) is 0.361. The Morgan fingerprint density at radius 1 is 1.40 bits per heavy atom. The van der Waals surface area contributed by atoms with E-state index in [1.54, 1.807) is 0 Å². The van der Waals surface area contributed by atoms with Gasteiger partial charge in [0.15, 0.2) is 0 Å². The van der Waals surface area contributed by atoms with E-state index in [-0.39, 0.29) is 12.0 Å². The summed E-state index contributed by atoms with van der Waals surface area (Å²) < 4.78 is 0.